The van der Waals surface area contributed by atoms with Crippen molar-refractivity contribution in [2.45, 2.75) is 33.1 Å². The van der Waals surface area contributed by atoms with Crippen LogP contribution < -0.4 is 9.47 Å². The van der Waals surface area contributed by atoms with Crippen LogP contribution in [0.3, 0.4) is 0 Å². The van der Waals surface area contributed by atoms with E-state index in [4.69, 9.17) is 14.2 Å². The lowest BCUT2D eigenvalue weighted by Crippen LogP contribution is -2.12. The van der Waals surface area contributed by atoms with Crippen molar-refractivity contribution in [2.24, 2.45) is 0 Å². The molecule has 5 nitrogen and oxygen atoms in total. The van der Waals surface area contributed by atoms with Crippen molar-refractivity contribution < 1.29 is 19.0 Å². The highest BCUT2D eigenvalue weighted by Gasteiger charge is 2.13. The van der Waals surface area contributed by atoms with Crippen LogP contribution in [-0.2, 0) is 14.9 Å². The minimum absolute atomic E-state index is 0.0712. The van der Waals surface area contributed by atoms with Gasteiger partial charge in [-0.25, -0.2) is 4.79 Å². The average molecular weight is 393 g/mol. The molecule has 0 aromatic heterocycles. The quantitative estimate of drug-likeness (QED) is 0.276. The molecule has 0 unspecified atom stereocenters. The zero-order valence-corrected chi connectivity index (χ0v) is 17.4. The van der Waals surface area contributed by atoms with Gasteiger partial charge in [0.05, 0.1) is 6.61 Å². The molecule has 0 aliphatic carbocycles. The number of benzene rings is 2. The number of ether oxygens (including phenoxy) is 3. The maximum atomic E-state index is 11.8. The van der Waals surface area contributed by atoms with Gasteiger partial charge in [-0.05, 0) is 42.2 Å². The summed E-state index contributed by atoms with van der Waals surface area (Å²) in [5.41, 5.74) is 1.91. The molecule has 152 valence electrons. The minimum atomic E-state index is -0.646. The van der Waals surface area contributed by atoms with Crippen molar-refractivity contribution in [1.29, 1.82) is 5.26 Å². The second-order valence-electron chi connectivity index (χ2n) is 7.40. The summed E-state index contributed by atoms with van der Waals surface area (Å²) in [7, 11) is 0. The number of esters is 1. The van der Waals surface area contributed by atoms with E-state index >= 15 is 0 Å². The molecule has 2 aromatic rings. The number of hydrogen-bond donors (Lipinski definition) is 0. The first-order valence-electron chi connectivity index (χ1n) is 9.59. The number of hydrogen-bond acceptors (Lipinski definition) is 5. The molecule has 2 aromatic carbocycles. The molecule has 0 aliphatic rings. The third-order valence-corrected chi connectivity index (χ3v) is 4.16. The van der Waals surface area contributed by atoms with E-state index in [1.807, 2.05) is 30.3 Å². The van der Waals surface area contributed by atoms with Gasteiger partial charge in [-0.3, -0.25) is 0 Å². The monoisotopic (exact) mass is 393 g/mol. The molecule has 0 saturated carbocycles. The number of nitrogens with zero attached hydrogens (tertiary/aromatic N) is 1. The van der Waals surface area contributed by atoms with E-state index in [0.29, 0.717) is 24.5 Å². The van der Waals surface area contributed by atoms with Gasteiger partial charge in [-0.2, -0.15) is 5.26 Å². The van der Waals surface area contributed by atoms with Crippen molar-refractivity contribution in [1.82, 2.24) is 0 Å². The lowest BCUT2D eigenvalue weighted by atomic mass is 9.87. The van der Waals surface area contributed by atoms with Gasteiger partial charge in [-0.1, -0.05) is 51.1 Å². The Hall–Kier alpha value is -3.26. The molecular formula is C24H27NO4. The van der Waals surface area contributed by atoms with Crippen LogP contribution in [-0.4, -0.2) is 25.8 Å². The van der Waals surface area contributed by atoms with Gasteiger partial charge >= 0.3 is 5.97 Å². The Morgan fingerprint density at radius 3 is 2.31 bits per heavy atom. The van der Waals surface area contributed by atoms with Crippen LogP contribution in [0.4, 0.5) is 0 Å². The highest BCUT2D eigenvalue weighted by molar-refractivity contribution is 5.98. The van der Waals surface area contributed by atoms with Crippen LogP contribution in [0.1, 0.15) is 38.8 Å². The zero-order chi connectivity index (χ0) is 21.3. The van der Waals surface area contributed by atoms with Gasteiger partial charge in [0.25, 0.3) is 0 Å². The topological polar surface area (TPSA) is 68.6 Å². The highest BCUT2D eigenvalue weighted by atomic mass is 16.5. The molecule has 0 atom stereocenters. The Morgan fingerprint density at radius 1 is 1.03 bits per heavy atom. The number of nitriles is 1. The standard InChI is InChI=1S/C24H27NO4/c1-5-27-23(26)19(17-25)16-18-8-6-7-9-22(18)29-15-14-28-21-12-10-20(11-13-21)24(2,3)4/h6-13,16H,5,14-15H2,1-4H3/b19-16+. The van der Waals surface area contributed by atoms with Crippen molar-refractivity contribution in [3.8, 4) is 17.6 Å². The molecule has 0 N–H and O–H groups in total. The van der Waals surface area contributed by atoms with Crippen molar-refractivity contribution >= 4 is 12.0 Å². The summed E-state index contributed by atoms with van der Waals surface area (Å²) in [4.78, 5) is 11.8. The summed E-state index contributed by atoms with van der Waals surface area (Å²) < 4.78 is 16.4. The maximum Gasteiger partial charge on any atom is 0.348 e. The third kappa shape index (κ3) is 6.69. The van der Waals surface area contributed by atoms with Gasteiger partial charge in [0.15, 0.2) is 0 Å². The summed E-state index contributed by atoms with van der Waals surface area (Å²) >= 11 is 0. The molecule has 0 heterocycles. The van der Waals surface area contributed by atoms with Gasteiger partial charge in [0, 0.05) is 5.56 Å². The molecule has 29 heavy (non-hydrogen) atoms. The fraction of sp³-hybridized carbons (Fsp3) is 0.333. The molecule has 5 heteroatoms. The number of carbonyl (C=O) groups excluding carboxylic acids is 1. The Balaban J connectivity index is 1.96. The first kappa shape index (κ1) is 22.0. The maximum absolute atomic E-state index is 11.8. The fourth-order valence-corrected chi connectivity index (χ4v) is 2.59. The molecule has 0 radical (unpaired) electrons. The first-order chi connectivity index (χ1) is 13.8. The molecule has 0 spiro atoms. The summed E-state index contributed by atoms with van der Waals surface area (Å²) in [5, 5.41) is 9.21. The summed E-state index contributed by atoms with van der Waals surface area (Å²) in [5.74, 6) is 0.701. The van der Waals surface area contributed by atoms with Gasteiger partial charge in [0.2, 0.25) is 0 Å². The molecule has 0 aliphatic heterocycles. The van der Waals surface area contributed by atoms with E-state index < -0.39 is 5.97 Å². The highest BCUT2D eigenvalue weighted by Crippen LogP contribution is 2.24. The largest absolute Gasteiger partial charge is 0.490 e. The van der Waals surface area contributed by atoms with Gasteiger partial charge < -0.3 is 14.2 Å². The van der Waals surface area contributed by atoms with E-state index in [0.717, 1.165) is 5.75 Å². The Morgan fingerprint density at radius 2 is 1.69 bits per heavy atom. The van der Waals surface area contributed by atoms with E-state index in [9.17, 15) is 10.1 Å². The molecule has 0 saturated heterocycles. The van der Waals surface area contributed by atoms with Crippen LogP contribution in [0.2, 0.25) is 0 Å². The van der Waals surface area contributed by atoms with E-state index in [1.54, 1.807) is 19.1 Å². The molecule has 2 rings (SSSR count). The number of para-hydroxylation sites is 1. The predicted octanol–water partition coefficient (Wildman–Crippen LogP) is 4.91. The molecule has 0 amide bonds. The Bertz CT molecular complexity index is 886. The molecular weight excluding hydrogens is 366 g/mol. The fourth-order valence-electron chi connectivity index (χ4n) is 2.59. The van der Waals surface area contributed by atoms with Crippen molar-refractivity contribution in [3.63, 3.8) is 0 Å². The second-order valence-corrected chi connectivity index (χ2v) is 7.40. The second kappa shape index (κ2) is 10.3. The van der Waals surface area contributed by atoms with E-state index in [-0.39, 0.29) is 17.6 Å². The average Bonchev–Trinajstić information content (AvgIpc) is 2.70. The lowest BCUT2D eigenvalue weighted by molar-refractivity contribution is -0.137. The Labute approximate surface area is 172 Å². The molecule has 0 bridgehead atoms. The smallest absolute Gasteiger partial charge is 0.348 e. The lowest BCUT2D eigenvalue weighted by Gasteiger charge is -2.19. The number of rotatable bonds is 8. The first-order valence-corrected chi connectivity index (χ1v) is 9.59. The van der Waals surface area contributed by atoms with Crippen LogP contribution in [0.25, 0.3) is 6.08 Å². The normalized spacial score (nSPS) is 11.5. The van der Waals surface area contributed by atoms with Crippen LogP contribution in [0.5, 0.6) is 11.5 Å². The van der Waals surface area contributed by atoms with Crippen LogP contribution >= 0.6 is 0 Å². The van der Waals surface area contributed by atoms with E-state index in [1.165, 1.54) is 11.6 Å². The summed E-state index contributed by atoms with van der Waals surface area (Å²) in [6.07, 6.45) is 1.47. The van der Waals surface area contributed by atoms with Crippen LogP contribution in [0, 0.1) is 11.3 Å². The predicted molar refractivity (Wildman–Crippen MR) is 113 cm³/mol. The molecule has 0 fully saturated rings. The zero-order valence-electron chi connectivity index (χ0n) is 17.4. The van der Waals surface area contributed by atoms with Gasteiger partial charge in [-0.15, -0.1) is 0 Å². The van der Waals surface area contributed by atoms with Crippen molar-refractivity contribution in [2.75, 3.05) is 19.8 Å². The SMILES string of the molecule is CCOC(=O)/C(C#N)=C/c1ccccc1OCCOc1ccc(C(C)(C)C)cc1. The Kier molecular flexibility index (Phi) is 7.85. The minimum Gasteiger partial charge on any atom is -0.490 e. The van der Waals surface area contributed by atoms with Crippen molar-refractivity contribution in [3.05, 3.63) is 65.2 Å². The summed E-state index contributed by atoms with van der Waals surface area (Å²) in [6, 6.07) is 17.1. The van der Waals surface area contributed by atoms with Gasteiger partial charge in [0.1, 0.15) is 36.4 Å². The van der Waals surface area contributed by atoms with E-state index in [2.05, 4.69) is 32.9 Å². The third-order valence-electron chi connectivity index (χ3n) is 4.16. The summed E-state index contributed by atoms with van der Waals surface area (Å²) in [6.45, 7) is 9.11. The van der Waals surface area contributed by atoms with Crippen LogP contribution in [0.15, 0.2) is 54.1 Å². The number of carbonyl (C=O) groups is 1.